The van der Waals surface area contributed by atoms with Crippen molar-refractivity contribution in [2.45, 2.75) is 65.3 Å². The summed E-state index contributed by atoms with van der Waals surface area (Å²) in [5.74, 6) is -0.261. The Bertz CT molecular complexity index is 774. The van der Waals surface area contributed by atoms with Crippen LogP contribution in [0.25, 0.3) is 6.08 Å². The maximum absolute atomic E-state index is 13.8. The summed E-state index contributed by atoms with van der Waals surface area (Å²) in [6, 6.07) is 1.30. The third-order valence-electron chi connectivity index (χ3n) is 4.77. The minimum Gasteiger partial charge on any atom is -0.481 e. The molecule has 1 aliphatic heterocycles. The van der Waals surface area contributed by atoms with E-state index in [0.717, 1.165) is 6.20 Å². The third kappa shape index (κ3) is 5.93. The lowest BCUT2D eigenvalue weighted by atomic mass is 9.77. The number of pyridine rings is 1. The van der Waals surface area contributed by atoms with Crippen molar-refractivity contribution in [3.05, 3.63) is 29.1 Å². The molecule has 0 saturated carbocycles. The highest BCUT2D eigenvalue weighted by Gasteiger charge is 2.52. The van der Waals surface area contributed by atoms with Crippen molar-refractivity contribution >= 4 is 19.3 Å². The normalized spacial score (nSPS) is 18.5. The van der Waals surface area contributed by atoms with Crippen LogP contribution in [-0.2, 0) is 14.0 Å². The van der Waals surface area contributed by atoms with Gasteiger partial charge in [0, 0.05) is 12.1 Å². The van der Waals surface area contributed by atoms with E-state index in [4.69, 9.17) is 18.8 Å². The summed E-state index contributed by atoms with van der Waals surface area (Å²) in [6.45, 7) is 13.1. The number of amides is 1. The van der Waals surface area contributed by atoms with Crippen molar-refractivity contribution in [3.63, 3.8) is 0 Å². The van der Waals surface area contributed by atoms with Crippen LogP contribution >= 0.6 is 0 Å². The molecule has 160 valence electrons. The first-order chi connectivity index (χ1) is 13.2. The molecule has 7 nitrogen and oxygen atoms in total. The Morgan fingerprint density at radius 1 is 1.28 bits per heavy atom. The zero-order valence-corrected chi connectivity index (χ0v) is 18.4. The molecule has 29 heavy (non-hydrogen) atoms. The number of ether oxygens (including phenoxy) is 2. The fraction of sp³-hybridized carbons (Fsp3) is 0.600. The molecule has 0 bridgehead atoms. The molecule has 1 saturated heterocycles. The van der Waals surface area contributed by atoms with Crippen LogP contribution in [0, 0.1) is 5.82 Å². The Kier molecular flexibility index (Phi) is 6.64. The molecule has 0 unspecified atom stereocenters. The monoisotopic (exact) mass is 408 g/mol. The SMILES string of the molecule is COc1ncc(F)cc1C=C(CNC(=O)OC(C)(C)C)B1OC(C)(C)C(C)(C)O1. The van der Waals surface area contributed by atoms with Gasteiger partial charge in [0.25, 0.3) is 0 Å². The van der Waals surface area contributed by atoms with Crippen LogP contribution in [0.2, 0.25) is 0 Å². The summed E-state index contributed by atoms with van der Waals surface area (Å²) in [5.41, 5.74) is -0.808. The number of hydrogen-bond acceptors (Lipinski definition) is 6. The lowest BCUT2D eigenvalue weighted by Gasteiger charge is -2.32. The molecule has 0 aromatic carbocycles. The van der Waals surface area contributed by atoms with Gasteiger partial charge in [0.1, 0.15) is 11.4 Å². The Balaban J connectivity index is 2.34. The van der Waals surface area contributed by atoms with Crippen molar-refractivity contribution in [2.24, 2.45) is 0 Å². The van der Waals surface area contributed by atoms with E-state index in [9.17, 15) is 9.18 Å². The number of halogens is 1. The molecule has 0 radical (unpaired) electrons. The number of alkyl carbamates (subject to hydrolysis) is 1. The van der Waals surface area contributed by atoms with Crippen molar-refractivity contribution in [1.82, 2.24) is 10.3 Å². The van der Waals surface area contributed by atoms with Crippen LogP contribution in [0.3, 0.4) is 0 Å². The zero-order chi connectivity index (χ0) is 22.0. The summed E-state index contributed by atoms with van der Waals surface area (Å²) in [7, 11) is 0.702. The van der Waals surface area contributed by atoms with Crippen molar-refractivity contribution < 1.29 is 28.0 Å². The fourth-order valence-corrected chi connectivity index (χ4v) is 2.60. The average Bonchev–Trinajstić information content (AvgIpc) is 2.77. The van der Waals surface area contributed by atoms with Crippen molar-refractivity contribution in [2.75, 3.05) is 13.7 Å². The van der Waals surface area contributed by atoms with Gasteiger partial charge in [0.05, 0.1) is 24.5 Å². The lowest BCUT2D eigenvalue weighted by molar-refractivity contribution is 0.00578. The molecule has 9 heteroatoms. The number of methoxy groups -OCH3 is 1. The molecule has 1 amide bonds. The second-order valence-corrected chi connectivity index (χ2v) is 8.91. The molecule has 1 N–H and O–H groups in total. The summed E-state index contributed by atoms with van der Waals surface area (Å²) < 4.78 is 36.5. The number of aromatic nitrogens is 1. The van der Waals surface area contributed by atoms with Crippen molar-refractivity contribution in [1.29, 1.82) is 0 Å². The smallest absolute Gasteiger partial charge is 0.481 e. The zero-order valence-electron chi connectivity index (χ0n) is 18.4. The first-order valence-corrected chi connectivity index (χ1v) is 9.46. The van der Waals surface area contributed by atoms with E-state index in [1.54, 1.807) is 26.8 Å². The van der Waals surface area contributed by atoms with E-state index in [2.05, 4.69) is 10.3 Å². The Morgan fingerprint density at radius 2 is 1.86 bits per heavy atom. The highest BCUT2D eigenvalue weighted by atomic mass is 19.1. The largest absolute Gasteiger partial charge is 0.492 e. The van der Waals surface area contributed by atoms with Gasteiger partial charge in [0.15, 0.2) is 0 Å². The summed E-state index contributed by atoms with van der Waals surface area (Å²) >= 11 is 0. The van der Waals surface area contributed by atoms with E-state index in [0.29, 0.717) is 11.0 Å². The number of nitrogens with one attached hydrogen (secondary N) is 1. The molecule has 1 aromatic heterocycles. The van der Waals surface area contributed by atoms with Crippen LogP contribution in [0.4, 0.5) is 9.18 Å². The van der Waals surface area contributed by atoms with E-state index in [-0.39, 0.29) is 12.4 Å². The lowest BCUT2D eigenvalue weighted by Crippen LogP contribution is -2.41. The van der Waals surface area contributed by atoms with Gasteiger partial charge in [-0.05, 0) is 60.0 Å². The molecule has 2 heterocycles. The van der Waals surface area contributed by atoms with Gasteiger partial charge in [-0.2, -0.15) is 0 Å². The van der Waals surface area contributed by atoms with Crippen LogP contribution in [0.5, 0.6) is 5.88 Å². The highest BCUT2D eigenvalue weighted by Crippen LogP contribution is 2.39. The van der Waals surface area contributed by atoms with Crippen LogP contribution < -0.4 is 10.1 Å². The molecule has 0 atom stereocenters. The molecular weight excluding hydrogens is 378 g/mol. The third-order valence-corrected chi connectivity index (χ3v) is 4.77. The van der Waals surface area contributed by atoms with E-state index in [1.165, 1.54) is 13.2 Å². The minimum atomic E-state index is -0.747. The number of hydrogen-bond donors (Lipinski definition) is 1. The van der Waals surface area contributed by atoms with Crippen LogP contribution in [-0.4, -0.2) is 48.7 Å². The number of nitrogens with zero attached hydrogens (tertiary/aromatic N) is 1. The van der Waals surface area contributed by atoms with Gasteiger partial charge in [-0.15, -0.1) is 0 Å². The maximum Gasteiger partial charge on any atom is 0.492 e. The molecule has 2 rings (SSSR count). The molecular formula is C20H30BFN2O5. The Labute approximate surface area is 172 Å². The molecule has 1 fully saturated rings. The second kappa shape index (κ2) is 8.32. The summed E-state index contributed by atoms with van der Waals surface area (Å²) in [6.07, 6.45) is 2.14. The Hall–Kier alpha value is -2.13. The number of carbonyl (C=O) groups is 1. The highest BCUT2D eigenvalue weighted by molar-refractivity contribution is 6.56. The van der Waals surface area contributed by atoms with E-state index >= 15 is 0 Å². The average molecular weight is 408 g/mol. The molecule has 0 aliphatic carbocycles. The second-order valence-electron chi connectivity index (χ2n) is 8.91. The standard InChI is InChI=1S/C20H30BFN2O5/c1-18(2,3)27-17(25)24-11-14(21-28-19(4,5)20(6,7)29-21)9-13-10-15(22)12-23-16(13)26-8/h9-10,12H,11H2,1-8H3,(H,24,25). The fourth-order valence-electron chi connectivity index (χ4n) is 2.60. The van der Waals surface area contributed by atoms with E-state index < -0.39 is 35.8 Å². The molecule has 0 spiro atoms. The first kappa shape index (κ1) is 23.2. The van der Waals surface area contributed by atoms with Gasteiger partial charge in [-0.25, -0.2) is 14.2 Å². The number of rotatable bonds is 5. The molecule has 1 aromatic rings. The first-order valence-electron chi connectivity index (χ1n) is 9.46. The molecule has 1 aliphatic rings. The minimum absolute atomic E-state index is 0.0748. The summed E-state index contributed by atoms with van der Waals surface area (Å²) in [4.78, 5) is 16.1. The van der Waals surface area contributed by atoms with Crippen molar-refractivity contribution in [3.8, 4) is 5.88 Å². The predicted molar refractivity (Wildman–Crippen MR) is 109 cm³/mol. The van der Waals surface area contributed by atoms with Gasteiger partial charge in [-0.1, -0.05) is 6.08 Å². The van der Waals surface area contributed by atoms with Crippen LogP contribution in [0.1, 0.15) is 54.0 Å². The quantitative estimate of drug-likeness (QED) is 0.748. The topological polar surface area (TPSA) is 78.9 Å². The van der Waals surface area contributed by atoms with Crippen LogP contribution in [0.15, 0.2) is 17.7 Å². The number of carbonyl (C=O) groups excluding carboxylic acids is 1. The van der Waals surface area contributed by atoms with E-state index in [1.807, 2.05) is 27.7 Å². The van der Waals surface area contributed by atoms with Gasteiger partial charge in [-0.3, -0.25) is 0 Å². The van der Waals surface area contributed by atoms with Gasteiger partial charge >= 0.3 is 13.2 Å². The maximum atomic E-state index is 13.8. The predicted octanol–water partition coefficient (Wildman–Crippen LogP) is 3.77. The van der Waals surface area contributed by atoms with Gasteiger partial charge < -0.3 is 24.1 Å². The summed E-state index contributed by atoms with van der Waals surface area (Å²) in [5, 5.41) is 2.70. The van der Waals surface area contributed by atoms with Gasteiger partial charge in [0.2, 0.25) is 5.88 Å². The Morgan fingerprint density at radius 3 is 2.38 bits per heavy atom.